The molecule has 0 aliphatic carbocycles. The Kier molecular flexibility index (Phi) is 3.05. The van der Waals surface area contributed by atoms with Crippen LogP contribution in [0.5, 0.6) is 0 Å². The van der Waals surface area contributed by atoms with Crippen LogP contribution in [0.1, 0.15) is 0 Å². The van der Waals surface area contributed by atoms with E-state index in [9.17, 15) is 8.42 Å². The summed E-state index contributed by atoms with van der Waals surface area (Å²) in [6.45, 7) is 0. The Morgan fingerprint density at radius 3 is 2.17 bits per heavy atom. The van der Waals surface area contributed by atoms with E-state index in [1.165, 1.54) is 12.1 Å². The second-order valence-electron chi connectivity index (χ2n) is 2.20. The second-order valence-corrected chi connectivity index (χ2v) is 5.78. The van der Waals surface area contributed by atoms with Gasteiger partial charge in [0.15, 0.2) is 0 Å². The zero-order valence-electron chi connectivity index (χ0n) is 5.93. The van der Waals surface area contributed by atoms with Gasteiger partial charge < -0.3 is 0 Å². The number of nitrogens with two attached hydrogens (primary N) is 1. The molecule has 2 N–H and O–H groups in total. The van der Waals surface area contributed by atoms with E-state index < -0.39 is 10.0 Å². The van der Waals surface area contributed by atoms with Gasteiger partial charge in [-0.2, -0.15) is 0 Å². The molecule has 0 atom stereocenters. The van der Waals surface area contributed by atoms with Gasteiger partial charge in [0, 0.05) is 0 Å². The average molecular weight is 305 g/mol. The van der Waals surface area contributed by atoms with Gasteiger partial charge in [0.05, 0.1) is 0 Å². The topological polar surface area (TPSA) is 60.2 Å². The standard InChI is InChI=1S/C6H5As2NO2S/c7-5-2-1-4(3-6(5)8)12(9,10)11/h1-3H,(H2,9,10,11). The number of sulfonamides is 1. The van der Waals surface area contributed by atoms with Crippen molar-refractivity contribution in [3.8, 4) is 0 Å². The van der Waals surface area contributed by atoms with Gasteiger partial charge in [-0.05, 0) is 0 Å². The molecule has 0 aliphatic rings. The summed E-state index contributed by atoms with van der Waals surface area (Å²) in [5.74, 6) is 0. The number of benzene rings is 1. The van der Waals surface area contributed by atoms with Gasteiger partial charge in [-0.3, -0.25) is 0 Å². The van der Waals surface area contributed by atoms with Crippen LogP contribution in [0.3, 0.4) is 0 Å². The molecular formula is C6H5As2NO2S. The quantitative estimate of drug-likeness (QED) is 0.606. The van der Waals surface area contributed by atoms with Crippen LogP contribution in [0.4, 0.5) is 0 Å². The summed E-state index contributed by atoms with van der Waals surface area (Å²) >= 11 is 4.64. The number of hydrogen-bond acceptors (Lipinski definition) is 2. The Labute approximate surface area is 88.8 Å². The van der Waals surface area contributed by atoms with Crippen molar-refractivity contribution in [1.82, 2.24) is 0 Å². The molecule has 1 rings (SSSR count). The molecule has 62 valence electrons. The van der Waals surface area contributed by atoms with E-state index in [0.717, 1.165) is 8.70 Å². The summed E-state index contributed by atoms with van der Waals surface area (Å²) in [5.41, 5.74) is 0. The Hall–Kier alpha value is 0.247. The van der Waals surface area contributed by atoms with E-state index >= 15 is 0 Å². The molecule has 6 heteroatoms. The van der Waals surface area contributed by atoms with Gasteiger partial charge in [-0.25, -0.2) is 0 Å². The molecule has 12 heavy (non-hydrogen) atoms. The maximum atomic E-state index is 10.9. The van der Waals surface area contributed by atoms with E-state index in [1.54, 1.807) is 6.07 Å². The molecule has 0 aliphatic heterocycles. The molecule has 1 aromatic carbocycles. The fraction of sp³-hybridized carbons (Fsp3) is 0. The molecular weight excluding hydrogens is 300 g/mol. The third kappa shape index (κ3) is 2.37. The van der Waals surface area contributed by atoms with Crippen molar-refractivity contribution in [3.63, 3.8) is 0 Å². The Bertz CT molecular complexity index is 402. The average Bonchev–Trinajstić information content (AvgIpc) is 1.92. The van der Waals surface area contributed by atoms with Crippen LogP contribution >= 0.6 is 0 Å². The van der Waals surface area contributed by atoms with Crippen molar-refractivity contribution in [3.05, 3.63) is 18.2 Å². The van der Waals surface area contributed by atoms with E-state index in [2.05, 4.69) is 33.7 Å². The molecule has 0 saturated carbocycles. The molecule has 3 nitrogen and oxygen atoms in total. The van der Waals surface area contributed by atoms with Crippen molar-refractivity contribution in [2.24, 2.45) is 5.14 Å². The molecule has 0 unspecified atom stereocenters. The zero-order valence-corrected chi connectivity index (χ0v) is 10.5. The van der Waals surface area contributed by atoms with Crippen LogP contribution in [-0.2, 0) is 10.0 Å². The van der Waals surface area contributed by atoms with Crippen LogP contribution in [0.2, 0.25) is 0 Å². The van der Waals surface area contributed by atoms with Crippen LogP contribution < -0.4 is 13.8 Å². The fourth-order valence-corrected chi connectivity index (χ4v) is 2.15. The van der Waals surface area contributed by atoms with Gasteiger partial charge in [0.25, 0.3) is 0 Å². The predicted octanol–water partition coefficient (Wildman–Crippen LogP) is -2.08. The van der Waals surface area contributed by atoms with Crippen LogP contribution in [0.25, 0.3) is 0 Å². The van der Waals surface area contributed by atoms with Gasteiger partial charge >= 0.3 is 89.1 Å². The Balaban J connectivity index is 3.33. The third-order valence-electron chi connectivity index (χ3n) is 1.28. The molecule has 0 fully saturated rings. The number of hydrogen-bond donors (Lipinski definition) is 1. The number of rotatable bonds is 1. The van der Waals surface area contributed by atoms with Crippen molar-refractivity contribution in [2.45, 2.75) is 4.90 Å². The molecule has 0 amide bonds. The number of primary sulfonamides is 1. The molecule has 0 heterocycles. The van der Waals surface area contributed by atoms with E-state index in [-0.39, 0.29) is 4.90 Å². The van der Waals surface area contributed by atoms with Crippen LogP contribution in [-0.4, -0.2) is 42.1 Å². The fourth-order valence-electron chi connectivity index (χ4n) is 0.680. The van der Waals surface area contributed by atoms with E-state index in [4.69, 9.17) is 5.14 Å². The summed E-state index contributed by atoms with van der Waals surface area (Å²) < 4.78 is 23.5. The van der Waals surface area contributed by atoms with Crippen LogP contribution in [0.15, 0.2) is 23.1 Å². The van der Waals surface area contributed by atoms with E-state index in [0.29, 0.717) is 0 Å². The van der Waals surface area contributed by atoms with Crippen LogP contribution in [0, 0.1) is 0 Å². The first-order valence-corrected chi connectivity index (χ1v) is 6.38. The molecule has 4 radical (unpaired) electrons. The Morgan fingerprint density at radius 1 is 1.17 bits per heavy atom. The first-order chi connectivity index (χ1) is 5.41. The molecule has 0 aromatic heterocycles. The zero-order chi connectivity index (χ0) is 9.35. The summed E-state index contributed by atoms with van der Waals surface area (Å²) in [5, 5.41) is 4.94. The first kappa shape index (κ1) is 10.3. The molecule has 0 bridgehead atoms. The van der Waals surface area contributed by atoms with Crippen molar-refractivity contribution in [2.75, 3.05) is 0 Å². The molecule has 0 saturated heterocycles. The summed E-state index contributed by atoms with van der Waals surface area (Å²) in [6, 6.07) is 4.72. The van der Waals surface area contributed by atoms with Gasteiger partial charge in [0.2, 0.25) is 0 Å². The minimum absolute atomic E-state index is 0.146. The first-order valence-electron chi connectivity index (χ1n) is 2.96. The molecule has 0 spiro atoms. The summed E-state index contributed by atoms with van der Waals surface area (Å²) in [7, 11) is -3.56. The third-order valence-corrected chi connectivity index (χ3v) is 4.61. The summed E-state index contributed by atoms with van der Waals surface area (Å²) in [4.78, 5) is 0.146. The monoisotopic (exact) mass is 305 g/mol. The van der Waals surface area contributed by atoms with Gasteiger partial charge in [-0.15, -0.1) is 0 Å². The van der Waals surface area contributed by atoms with Crippen molar-refractivity contribution < 1.29 is 8.42 Å². The summed E-state index contributed by atoms with van der Waals surface area (Å²) in [6.07, 6.45) is 0. The van der Waals surface area contributed by atoms with Gasteiger partial charge in [-0.1, -0.05) is 0 Å². The minimum atomic E-state index is -3.56. The predicted molar refractivity (Wildman–Crippen MR) is 48.6 cm³/mol. The van der Waals surface area contributed by atoms with E-state index in [1.807, 2.05) is 0 Å². The van der Waals surface area contributed by atoms with Gasteiger partial charge in [0.1, 0.15) is 0 Å². The Morgan fingerprint density at radius 2 is 1.75 bits per heavy atom. The maximum absolute atomic E-state index is 10.9. The van der Waals surface area contributed by atoms with Crippen molar-refractivity contribution >= 4 is 52.4 Å². The molecule has 1 aromatic rings. The normalized spacial score (nSPS) is 11.6. The SMILES string of the molecule is NS(=O)(=O)c1ccc([As])c([As])c1. The van der Waals surface area contributed by atoms with Crippen molar-refractivity contribution in [1.29, 1.82) is 0 Å². The second kappa shape index (κ2) is 3.55.